The van der Waals surface area contributed by atoms with Crippen molar-refractivity contribution in [2.45, 2.75) is 30.9 Å². The molecule has 0 radical (unpaired) electrons. The van der Waals surface area contributed by atoms with E-state index >= 15 is 0 Å². The molecule has 5 N–H and O–H groups in total. The first-order valence-corrected chi connectivity index (χ1v) is 14.1. The number of hydrogen-bond acceptors (Lipinski definition) is 8. The van der Waals surface area contributed by atoms with Gasteiger partial charge in [-0.25, -0.2) is 19.2 Å². The van der Waals surface area contributed by atoms with Gasteiger partial charge in [0.1, 0.15) is 0 Å². The Morgan fingerprint density at radius 2 is 1.37 bits per heavy atom. The van der Waals surface area contributed by atoms with Crippen molar-refractivity contribution in [3.63, 3.8) is 0 Å². The zero-order chi connectivity index (χ0) is 33.4. The van der Waals surface area contributed by atoms with Crippen LogP contribution in [-0.4, -0.2) is 78.2 Å². The van der Waals surface area contributed by atoms with Gasteiger partial charge in [0.15, 0.2) is 0 Å². The normalized spacial score (nSPS) is 18.5. The summed E-state index contributed by atoms with van der Waals surface area (Å²) in [5.41, 5.74) is 3.05. The average molecular weight is 630 g/mol. The van der Waals surface area contributed by atoms with Gasteiger partial charge < -0.3 is 35.0 Å². The number of hydrogen-bond donors (Lipinski definition) is 5. The van der Waals surface area contributed by atoms with Crippen LogP contribution in [0.4, 0.5) is 5.69 Å². The van der Waals surface area contributed by atoms with E-state index in [9.17, 15) is 29.1 Å². The first-order valence-electron chi connectivity index (χ1n) is 14.1. The maximum atomic E-state index is 13.5. The molecule has 0 bridgehead atoms. The zero-order valence-corrected chi connectivity index (χ0v) is 24.3. The third kappa shape index (κ3) is 8.64. The van der Waals surface area contributed by atoms with Gasteiger partial charge in [0, 0.05) is 66.6 Å². The molecule has 2 fully saturated rings. The van der Waals surface area contributed by atoms with E-state index in [1.165, 1.54) is 0 Å². The summed E-state index contributed by atoms with van der Waals surface area (Å²) in [6, 6.07) is 20.5. The molecule has 1 aliphatic carbocycles. The minimum absolute atomic E-state index is 0.0535. The summed E-state index contributed by atoms with van der Waals surface area (Å²) < 4.78 is 1.89. The fourth-order valence-electron chi connectivity index (χ4n) is 5.15. The van der Waals surface area contributed by atoms with Crippen LogP contribution in [0.2, 0.25) is 0 Å². The lowest BCUT2D eigenvalue weighted by Gasteiger charge is -2.20. The van der Waals surface area contributed by atoms with Gasteiger partial charge in [-0.3, -0.25) is 9.78 Å². The van der Waals surface area contributed by atoms with Crippen LogP contribution < -0.4 is 10.5 Å². The summed E-state index contributed by atoms with van der Waals surface area (Å²) in [7, 11) is 0. The molecular weight excluding hydrogens is 598 g/mol. The first kappa shape index (κ1) is 33.1. The van der Waals surface area contributed by atoms with E-state index in [0.29, 0.717) is 30.8 Å². The molecule has 13 nitrogen and oxygen atoms in total. The lowest BCUT2D eigenvalue weighted by molar-refractivity contribution is -0.134. The Morgan fingerprint density at radius 1 is 0.761 bits per heavy atom. The predicted octanol–water partition coefficient (Wildman–Crippen LogP) is 3.27. The lowest BCUT2D eigenvalue weighted by atomic mass is 10.1. The number of aliphatic carboxylic acids is 4. The van der Waals surface area contributed by atoms with Crippen molar-refractivity contribution in [2.75, 3.05) is 18.0 Å². The number of para-hydroxylation sites is 1. The van der Waals surface area contributed by atoms with E-state index in [4.69, 9.17) is 25.4 Å². The number of aliphatic hydroxyl groups excluding tert-OH is 1. The molecule has 1 saturated carbocycles. The molecule has 6 rings (SSSR count). The summed E-state index contributed by atoms with van der Waals surface area (Å²) in [6.45, 7) is 1.36. The highest BCUT2D eigenvalue weighted by Gasteiger charge is 2.42. The zero-order valence-electron chi connectivity index (χ0n) is 24.3. The highest BCUT2D eigenvalue weighted by molar-refractivity contribution is 5.94. The average Bonchev–Trinajstić information content (AvgIpc) is 3.70. The lowest BCUT2D eigenvalue weighted by Crippen LogP contribution is -2.25. The number of rotatable bonds is 7. The Labute approximate surface area is 261 Å². The largest absolute Gasteiger partial charge is 0.478 e. The third-order valence-electron chi connectivity index (χ3n) is 7.29. The van der Waals surface area contributed by atoms with Crippen molar-refractivity contribution in [2.24, 2.45) is 0 Å². The Bertz CT molecular complexity index is 1830. The Morgan fingerprint density at radius 3 is 1.96 bits per heavy atom. The minimum Gasteiger partial charge on any atom is -0.478 e. The van der Waals surface area contributed by atoms with Crippen molar-refractivity contribution in [1.29, 1.82) is 0 Å². The van der Waals surface area contributed by atoms with Crippen LogP contribution >= 0.6 is 0 Å². The van der Waals surface area contributed by atoms with Crippen LogP contribution in [0.1, 0.15) is 30.5 Å². The SMILES string of the molecule is O=C(O)C=CC(=O)O.O=C(O)C=CC(=O)O.O=c1c2c(N3CC[C@H](O)C3)cccc2ccn1C1CC1c1ccc2ccccc2n1. The molecule has 3 heterocycles. The monoisotopic (exact) mass is 629 g/mol. The topological polar surface area (TPSA) is 208 Å². The van der Waals surface area contributed by atoms with Gasteiger partial charge in [0.05, 0.1) is 22.7 Å². The molecule has 2 aromatic carbocycles. The quantitative estimate of drug-likeness (QED) is 0.187. The second kappa shape index (κ2) is 14.8. The second-order valence-corrected chi connectivity index (χ2v) is 10.5. The van der Waals surface area contributed by atoms with Crippen LogP contribution in [0.15, 0.2) is 96.0 Å². The van der Waals surface area contributed by atoms with Crippen LogP contribution in [0, 0.1) is 0 Å². The number of nitrogens with zero attached hydrogens (tertiary/aromatic N) is 3. The van der Waals surface area contributed by atoms with E-state index in [-0.39, 0.29) is 23.6 Å². The maximum Gasteiger partial charge on any atom is 0.328 e. The van der Waals surface area contributed by atoms with E-state index in [1.807, 2.05) is 53.2 Å². The molecule has 1 aliphatic heterocycles. The molecular formula is C33H31N3O10. The fourth-order valence-corrected chi connectivity index (χ4v) is 5.15. The van der Waals surface area contributed by atoms with Gasteiger partial charge in [-0.1, -0.05) is 36.4 Å². The molecule has 2 unspecified atom stereocenters. The molecule has 0 amide bonds. The van der Waals surface area contributed by atoms with Crippen LogP contribution in [-0.2, 0) is 19.2 Å². The van der Waals surface area contributed by atoms with E-state index in [2.05, 4.69) is 23.1 Å². The number of aliphatic hydroxyl groups is 1. The Hall–Kier alpha value is -5.82. The summed E-state index contributed by atoms with van der Waals surface area (Å²) in [5, 5.41) is 44.1. The second-order valence-electron chi connectivity index (χ2n) is 10.5. The number of carboxylic acids is 4. The number of anilines is 1. The molecule has 0 spiro atoms. The van der Waals surface area contributed by atoms with Gasteiger partial charge in [0.25, 0.3) is 5.56 Å². The van der Waals surface area contributed by atoms with Crippen molar-refractivity contribution in [1.82, 2.24) is 9.55 Å². The van der Waals surface area contributed by atoms with Crippen molar-refractivity contribution >= 4 is 51.2 Å². The predicted molar refractivity (Wildman–Crippen MR) is 168 cm³/mol. The molecule has 2 aliphatic rings. The molecule has 46 heavy (non-hydrogen) atoms. The van der Waals surface area contributed by atoms with E-state index in [0.717, 1.165) is 52.4 Å². The van der Waals surface area contributed by atoms with Gasteiger partial charge in [0.2, 0.25) is 0 Å². The molecule has 1 saturated heterocycles. The van der Waals surface area contributed by atoms with Crippen LogP contribution in [0.3, 0.4) is 0 Å². The van der Waals surface area contributed by atoms with Gasteiger partial charge >= 0.3 is 23.9 Å². The summed E-state index contributed by atoms with van der Waals surface area (Å²) >= 11 is 0. The summed E-state index contributed by atoms with van der Waals surface area (Å²) in [5.74, 6) is -4.76. The number of carboxylic acid groups (broad SMARTS) is 4. The number of fused-ring (bicyclic) bond motifs is 2. The Balaban J connectivity index is 0.000000250. The first-order chi connectivity index (χ1) is 21.9. The van der Waals surface area contributed by atoms with Crippen LogP contribution in [0.25, 0.3) is 21.7 Å². The molecule has 13 heteroatoms. The van der Waals surface area contributed by atoms with Crippen molar-refractivity contribution < 1.29 is 44.7 Å². The van der Waals surface area contributed by atoms with E-state index in [1.54, 1.807) is 0 Å². The maximum absolute atomic E-state index is 13.5. The number of benzene rings is 2. The summed E-state index contributed by atoms with van der Waals surface area (Å²) in [4.78, 5) is 58.7. The third-order valence-corrected chi connectivity index (χ3v) is 7.29. The Kier molecular flexibility index (Phi) is 10.6. The van der Waals surface area contributed by atoms with Crippen LogP contribution in [0.5, 0.6) is 0 Å². The standard InChI is InChI=1S/C25H23N3O2.2C4H4O4/c29-18-11-12-27(15-18)22-7-3-5-17-10-13-28(25(30)24(17)22)23-14-19(23)21-9-8-16-4-1-2-6-20(16)26-21;2*5-3(6)1-2-4(7)8/h1-10,13,18-19,23,29H,11-12,14-15H2;2*1-2H,(H,5,6)(H,7,8)/t18-,19?,23?;;/m0../s1. The molecule has 4 aromatic rings. The van der Waals surface area contributed by atoms with Crippen molar-refractivity contribution in [3.8, 4) is 0 Å². The number of carbonyl (C=O) groups is 4. The number of β-amino-alcohol motifs (C(OH)–C–C–N with tert-alkyl or cyclic N) is 1. The molecule has 2 aromatic heterocycles. The van der Waals surface area contributed by atoms with E-state index < -0.39 is 23.9 Å². The molecule has 238 valence electrons. The number of aromatic nitrogens is 2. The molecule has 3 atom stereocenters. The smallest absolute Gasteiger partial charge is 0.328 e. The highest BCUT2D eigenvalue weighted by atomic mass is 16.4. The highest BCUT2D eigenvalue weighted by Crippen LogP contribution is 2.50. The van der Waals surface area contributed by atoms with Gasteiger partial charge in [-0.15, -0.1) is 0 Å². The number of pyridine rings is 2. The minimum atomic E-state index is -1.26. The fraction of sp³-hybridized carbons (Fsp3) is 0.212. The van der Waals surface area contributed by atoms with Gasteiger partial charge in [-0.2, -0.15) is 0 Å². The van der Waals surface area contributed by atoms with Gasteiger partial charge in [-0.05, 0) is 42.5 Å². The summed E-state index contributed by atoms with van der Waals surface area (Å²) in [6.07, 6.45) is 5.52. The van der Waals surface area contributed by atoms with Crippen molar-refractivity contribution in [3.05, 3.63) is 107 Å².